The van der Waals surface area contributed by atoms with E-state index in [9.17, 15) is 0 Å². The van der Waals surface area contributed by atoms with Gasteiger partial charge in [0, 0.05) is 11.1 Å². The van der Waals surface area contributed by atoms with Crippen LogP contribution in [0.3, 0.4) is 0 Å². The first-order chi connectivity index (χ1) is 15.2. The van der Waals surface area contributed by atoms with Crippen molar-refractivity contribution >= 4 is 16.9 Å². The maximum atomic E-state index is 6.11. The van der Waals surface area contributed by atoms with Gasteiger partial charge < -0.3 is 15.2 Å². The van der Waals surface area contributed by atoms with Crippen molar-refractivity contribution in [3.63, 3.8) is 0 Å². The number of ether oxygens (including phenoxy) is 2. The van der Waals surface area contributed by atoms with Gasteiger partial charge in [-0.25, -0.2) is 9.97 Å². The Morgan fingerprint density at radius 1 is 0.774 bits per heavy atom. The Labute approximate surface area is 178 Å². The zero-order valence-electron chi connectivity index (χ0n) is 16.7. The molecular weight excluding hydrogens is 390 g/mol. The summed E-state index contributed by atoms with van der Waals surface area (Å²) in [5.41, 5.74) is 9.10. The Morgan fingerprint density at radius 3 is 2.29 bits per heavy atom. The van der Waals surface area contributed by atoms with E-state index in [1.165, 1.54) is 0 Å². The molecule has 5 aromatic rings. The van der Waals surface area contributed by atoms with E-state index in [4.69, 9.17) is 20.2 Å². The Kier molecular flexibility index (Phi) is 4.68. The number of nitrogens with two attached hydrogens (primary N) is 1. The van der Waals surface area contributed by atoms with Crippen LogP contribution in [0.4, 0.5) is 5.82 Å². The lowest BCUT2D eigenvalue weighted by atomic mass is 10.1. The molecule has 0 radical (unpaired) electrons. The molecule has 0 amide bonds. The lowest BCUT2D eigenvalue weighted by Crippen LogP contribution is -1.96. The first-order valence-electron chi connectivity index (χ1n) is 9.70. The van der Waals surface area contributed by atoms with Crippen LogP contribution in [-0.4, -0.2) is 27.3 Å². The van der Waals surface area contributed by atoms with Crippen LogP contribution >= 0.6 is 0 Å². The summed E-state index contributed by atoms with van der Waals surface area (Å²) in [5, 5.41) is 7.71. The van der Waals surface area contributed by atoms with Crippen molar-refractivity contribution in [2.75, 3.05) is 12.8 Å². The molecular formula is C24H19N5O2. The number of benzene rings is 3. The number of nitrogens with zero attached hydrogens (tertiary/aromatic N) is 3. The van der Waals surface area contributed by atoms with Crippen LogP contribution in [-0.2, 0) is 0 Å². The van der Waals surface area contributed by atoms with E-state index < -0.39 is 0 Å². The average Bonchev–Trinajstić information content (AvgIpc) is 3.20. The third-order valence-corrected chi connectivity index (χ3v) is 4.88. The smallest absolute Gasteiger partial charge is 0.162 e. The van der Waals surface area contributed by atoms with Gasteiger partial charge in [-0.2, -0.15) is 5.10 Å². The fourth-order valence-electron chi connectivity index (χ4n) is 3.36. The van der Waals surface area contributed by atoms with Crippen LogP contribution in [0.1, 0.15) is 0 Å². The second-order valence-electron chi connectivity index (χ2n) is 6.90. The molecule has 3 N–H and O–H groups in total. The van der Waals surface area contributed by atoms with Gasteiger partial charge in [0.25, 0.3) is 0 Å². The first kappa shape index (κ1) is 18.6. The number of para-hydroxylation sites is 1. The molecule has 0 unspecified atom stereocenters. The number of nitrogen functional groups attached to an aromatic ring is 1. The van der Waals surface area contributed by atoms with Gasteiger partial charge in [-0.3, -0.25) is 5.10 Å². The number of aromatic nitrogens is 4. The molecule has 5 rings (SSSR count). The van der Waals surface area contributed by atoms with E-state index in [1.54, 1.807) is 7.11 Å². The van der Waals surface area contributed by atoms with E-state index in [-0.39, 0.29) is 0 Å². The highest BCUT2D eigenvalue weighted by Crippen LogP contribution is 2.33. The number of fused-ring (bicyclic) bond motifs is 1. The Morgan fingerprint density at radius 2 is 1.52 bits per heavy atom. The second-order valence-corrected chi connectivity index (χ2v) is 6.90. The summed E-state index contributed by atoms with van der Waals surface area (Å²) in [7, 11) is 1.63. The van der Waals surface area contributed by atoms with Crippen LogP contribution in [0.15, 0.2) is 78.9 Å². The molecule has 7 heteroatoms. The number of hydrogen-bond acceptors (Lipinski definition) is 6. The van der Waals surface area contributed by atoms with Crippen LogP contribution in [0.5, 0.6) is 17.2 Å². The molecule has 0 spiro atoms. The van der Waals surface area contributed by atoms with E-state index in [1.807, 2.05) is 78.9 Å². The van der Waals surface area contributed by atoms with Crippen LogP contribution < -0.4 is 15.2 Å². The molecule has 31 heavy (non-hydrogen) atoms. The maximum absolute atomic E-state index is 6.11. The van der Waals surface area contributed by atoms with Crippen LogP contribution in [0, 0.1) is 0 Å². The summed E-state index contributed by atoms with van der Waals surface area (Å²) in [6.45, 7) is 0. The van der Waals surface area contributed by atoms with Gasteiger partial charge in [-0.15, -0.1) is 0 Å². The lowest BCUT2D eigenvalue weighted by molar-refractivity contribution is 0.415. The molecule has 7 nitrogen and oxygen atoms in total. The molecule has 0 saturated heterocycles. The highest BCUT2D eigenvalue weighted by Gasteiger charge is 2.16. The minimum atomic E-state index is 0.354. The van der Waals surface area contributed by atoms with Gasteiger partial charge in [-0.05, 0) is 48.5 Å². The normalized spacial score (nSPS) is 10.9. The molecule has 0 aliphatic carbocycles. The summed E-state index contributed by atoms with van der Waals surface area (Å²) in [6.07, 6.45) is 0. The van der Waals surface area contributed by atoms with Gasteiger partial charge in [0.1, 0.15) is 17.2 Å². The maximum Gasteiger partial charge on any atom is 0.162 e. The number of methoxy groups -OCH3 is 1. The predicted molar refractivity (Wildman–Crippen MR) is 120 cm³/mol. The molecule has 0 aliphatic rings. The highest BCUT2D eigenvalue weighted by molar-refractivity contribution is 5.98. The Hall–Kier alpha value is -4.39. The number of aromatic amines is 1. The third kappa shape index (κ3) is 3.64. The predicted octanol–water partition coefficient (Wildman–Crippen LogP) is 5.07. The zero-order valence-corrected chi connectivity index (χ0v) is 16.7. The first-order valence-corrected chi connectivity index (χ1v) is 9.70. The van der Waals surface area contributed by atoms with E-state index in [0.717, 1.165) is 28.4 Å². The van der Waals surface area contributed by atoms with Crippen molar-refractivity contribution in [3.05, 3.63) is 78.9 Å². The van der Waals surface area contributed by atoms with E-state index >= 15 is 0 Å². The average molecular weight is 409 g/mol. The summed E-state index contributed by atoms with van der Waals surface area (Å²) in [4.78, 5) is 9.43. The minimum absolute atomic E-state index is 0.354. The van der Waals surface area contributed by atoms with Crippen molar-refractivity contribution in [1.29, 1.82) is 0 Å². The number of H-pyrrole nitrogens is 1. The van der Waals surface area contributed by atoms with Crippen molar-refractivity contribution < 1.29 is 9.47 Å². The van der Waals surface area contributed by atoms with Crippen molar-refractivity contribution in [2.45, 2.75) is 0 Å². The third-order valence-electron chi connectivity index (χ3n) is 4.88. The molecule has 2 heterocycles. The summed E-state index contributed by atoms with van der Waals surface area (Å²) < 4.78 is 11.2. The summed E-state index contributed by atoms with van der Waals surface area (Å²) in [6, 6.07) is 24.9. The number of nitrogens with one attached hydrogen (secondary N) is 1. The van der Waals surface area contributed by atoms with E-state index in [2.05, 4.69) is 15.2 Å². The largest absolute Gasteiger partial charge is 0.497 e. The molecule has 0 saturated carbocycles. The standard InChI is InChI=1S/C24H19N5O2/c1-30-19-9-5-6-16(14-19)23-26-21(20-22(25)28-29-24(20)27-23)15-10-12-18(13-11-15)31-17-7-3-2-4-8-17/h2-14H,1H3,(H3,25,26,27,28,29). The van der Waals surface area contributed by atoms with Gasteiger partial charge >= 0.3 is 0 Å². The topological polar surface area (TPSA) is 98.9 Å². The molecule has 2 aromatic heterocycles. The van der Waals surface area contributed by atoms with Crippen LogP contribution in [0.25, 0.3) is 33.7 Å². The quantitative estimate of drug-likeness (QED) is 0.420. The Balaban J connectivity index is 1.57. The Bertz CT molecular complexity index is 1350. The fraction of sp³-hybridized carbons (Fsp3) is 0.0417. The SMILES string of the molecule is COc1cccc(-c2nc(-c3ccc(Oc4ccccc4)cc3)c3c(N)n[nH]c3n2)c1. The summed E-state index contributed by atoms with van der Waals surface area (Å²) >= 11 is 0. The molecule has 0 aliphatic heterocycles. The molecule has 0 bridgehead atoms. The summed E-state index contributed by atoms with van der Waals surface area (Å²) in [5.74, 6) is 3.14. The van der Waals surface area contributed by atoms with Gasteiger partial charge in [-0.1, -0.05) is 30.3 Å². The minimum Gasteiger partial charge on any atom is -0.497 e. The van der Waals surface area contributed by atoms with Crippen molar-refractivity contribution in [3.8, 4) is 39.9 Å². The van der Waals surface area contributed by atoms with Gasteiger partial charge in [0.05, 0.1) is 18.2 Å². The molecule has 152 valence electrons. The monoisotopic (exact) mass is 409 g/mol. The molecule has 0 atom stereocenters. The second kappa shape index (κ2) is 7.79. The molecule has 3 aromatic carbocycles. The van der Waals surface area contributed by atoms with E-state index in [0.29, 0.717) is 28.4 Å². The number of anilines is 1. The fourth-order valence-corrected chi connectivity index (χ4v) is 3.36. The highest BCUT2D eigenvalue weighted by atomic mass is 16.5. The van der Waals surface area contributed by atoms with Crippen molar-refractivity contribution in [1.82, 2.24) is 20.2 Å². The lowest BCUT2D eigenvalue weighted by Gasteiger charge is -2.09. The van der Waals surface area contributed by atoms with Crippen molar-refractivity contribution in [2.24, 2.45) is 0 Å². The van der Waals surface area contributed by atoms with Crippen LogP contribution in [0.2, 0.25) is 0 Å². The zero-order chi connectivity index (χ0) is 21.2. The molecule has 0 fully saturated rings. The number of hydrogen-bond donors (Lipinski definition) is 2. The van der Waals surface area contributed by atoms with Gasteiger partial charge in [0.15, 0.2) is 17.3 Å². The number of rotatable bonds is 5. The van der Waals surface area contributed by atoms with Gasteiger partial charge in [0.2, 0.25) is 0 Å².